The first kappa shape index (κ1) is 14.8. The fourth-order valence-corrected chi connectivity index (χ4v) is 2.15. The molecule has 116 valence electrons. The smallest absolute Gasteiger partial charge is 0.342 e. The molecule has 2 aromatic carbocycles. The van der Waals surface area contributed by atoms with E-state index in [2.05, 4.69) is 5.16 Å². The Morgan fingerprint density at radius 2 is 1.96 bits per heavy atom. The Labute approximate surface area is 133 Å². The molecule has 1 N–H and O–H groups in total. The number of carbonyl (C=O) groups excluding carboxylic acids is 1. The summed E-state index contributed by atoms with van der Waals surface area (Å²) in [5.74, 6) is -0.0956. The summed E-state index contributed by atoms with van der Waals surface area (Å²) < 4.78 is 10.4. The first-order valence-corrected chi connectivity index (χ1v) is 7.11. The SMILES string of the molecule is Cc1ccc(C(=O)OCc2cc(-c3ccccc3)on2)c(O)c1. The highest BCUT2D eigenvalue weighted by Gasteiger charge is 2.14. The Morgan fingerprint density at radius 3 is 2.70 bits per heavy atom. The molecule has 0 spiro atoms. The highest BCUT2D eigenvalue weighted by atomic mass is 16.5. The van der Waals surface area contributed by atoms with Crippen LogP contribution >= 0.6 is 0 Å². The van der Waals surface area contributed by atoms with E-state index >= 15 is 0 Å². The molecule has 0 saturated heterocycles. The number of hydrogen-bond donors (Lipinski definition) is 1. The molecule has 5 nitrogen and oxygen atoms in total. The Hall–Kier alpha value is -3.08. The average molecular weight is 309 g/mol. The van der Waals surface area contributed by atoms with E-state index in [9.17, 15) is 9.90 Å². The standard InChI is InChI=1S/C18H15NO4/c1-12-7-8-15(16(20)9-12)18(21)22-11-14-10-17(23-19-14)13-5-3-2-4-6-13/h2-10,20H,11H2,1H3. The molecule has 0 aliphatic heterocycles. The predicted molar refractivity (Wildman–Crippen MR) is 83.9 cm³/mol. The van der Waals surface area contributed by atoms with Gasteiger partial charge in [-0.15, -0.1) is 0 Å². The maximum atomic E-state index is 12.0. The van der Waals surface area contributed by atoms with Gasteiger partial charge in [0.15, 0.2) is 5.76 Å². The Kier molecular flexibility index (Phi) is 4.10. The lowest BCUT2D eigenvalue weighted by atomic mass is 10.1. The van der Waals surface area contributed by atoms with Crippen LogP contribution in [0, 0.1) is 6.92 Å². The molecule has 0 aliphatic carbocycles. The first-order chi connectivity index (χ1) is 11.1. The number of carbonyl (C=O) groups is 1. The maximum absolute atomic E-state index is 12.0. The molecule has 1 aromatic heterocycles. The lowest BCUT2D eigenvalue weighted by Gasteiger charge is -2.05. The van der Waals surface area contributed by atoms with Gasteiger partial charge in [0.25, 0.3) is 0 Å². The molecule has 0 unspecified atom stereocenters. The summed E-state index contributed by atoms with van der Waals surface area (Å²) in [6, 6.07) is 16.0. The number of rotatable bonds is 4. The summed E-state index contributed by atoms with van der Waals surface area (Å²) in [6.45, 7) is 1.80. The molecule has 0 bridgehead atoms. The second kappa shape index (κ2) is 6.36. The lowest BCUT2D eigenvalue weighted by molar-refractivity contribution is 0.0461. The highest BCUT2D eigenvalue weighted by molar-refractivity contribution is 5.92. The fraction of sp³-hybridized carbons (Fsp3) is 0.111. The van der Waals surface area contributed by atoms with Gasteiger partial charge in [-0.2, -0.15) is 0 Å². The summed E-state index contributed by atoms with van der Waals surface area (Å²) in [6.07, 6.45) is 0. The monoisotopic (exact) mass is 309 g/mol. The van der Waals surface area contributed by atoms with Crippen molar-refractivity contribution in [2.75, 3.05) is 0 Å². The minimum Gasteiger partial charge on any atom is -0.507 e. The van der Waals surface area contributed by atoms with Crippen molar-refractivity contribution in [1.82, 2.24) is 5.16 Å². The van der Waals surface area contributed by atoms with Crippen LogP contribution in [0.15, 0.2) is 59.1 Å². The third kappa shape index (κ3) is 3.40. The summed E-state index contributed by atoms with van der Waals surface area (Å²) in [5.41, 5.74) is 2.39. The van der Waals surface area contributed by atoms with E-state index < -0.39 is 5.97 Å². The summed E-state index contributed by atoms with van der Waals surface area (Å²) in [7, 11) is 0. The Bertz CT molecular complexity index is 824. The van der Waals surface area contributed by atoms with E-state index in [0.717, 1.165) is 11.1 Å². The number of esters is 1. The maximum Gasteiger partial charge on any atom is 0.342 e. The van der Waals surface area contributed by atoms with E-state index in [1.165, 1.54) is 12.1 Å². The first-order valence-electron chi connectivity index (χ1n) is 7.11. The normalized spacial score (nSPS) is 10.5. The minimum absolute atomic E-state index is 0.0253. The van der Waals surface area contributed by atoms with Gasteiger partial charge in [-0.05, 0) is 24.6 Å². The number of benzene rings is 2. The van der Waals surface area contributed by atoms with Crippen molar-refractivity contribution in [3.8, 4) is 17.1 Å². The van der Waals surface area contributed by atoms with Gasteiger partial charge in [-0.1, -0.05) is 41.6 Å². The number of ether oxygens (including phenoxy) is 1. The fourth-order valence-electron chi connectivity index (χ4n) is 2.15. The van der Waals surface area contributed by atoms with Crippen LogP contribution in [0.2, 0.25) is 0 Å². The van der Waals surface area contributed by atoms with Crippen LogP contribution < -0.4 is 0 Å². The summed E-state index contributed by atoms with van der Waals surface area (Å²) in [5, 5.41) is 13.7. The number of aromatic nitrogens is 1. The van der Waals surface area contributed by atoms with E-state index in [-0.39, 0.29) is 17.9 Å². The van der Waals surface area contributed by atoms with Gasteiger partial charge in [0.05, 0.1) is 0 Å². The average Bonchev–Trinajstić information content (AvgIpc) is 3.02. The van der Waals surface area contributed by atoms with Crippen LogP contribution in [0.1, 0.15) is 21.6 Å². The van der Waals surface area contributed by atoms with E-state index in [1.807, 2.05) is 37.3 Å². The van der Waals surface area contributed by atoms with Crippen LogP contribution in [-0.2, 0) is 11.3 Å². The quantitative estimate of drug-likeness (QED) is 0.744. The molecule has 0 aliphatic rings. The summed E-state index contributed by atoms with van der Waals surface area (Å²) >= 11 is 0. The molecule has 0 fully saturated rings. The molecule has 3 rings (SSSR count). The highest BCUT2D eigenvalue weighted by Crippen LogP contribution is 2.22. The molecule has 0 radical (unpaired) electrons. The molecular formula is C18H15NO4. The van der Waals surface area contributed by atoms with Crippen molar-refractivity contribution in [3.05, 3.63) is 71.4 Å². The van der Waals surface area contributed by atoms with Gasteiger partial charge in [-0.3, -0.25) is 0 Å². The van der Waals surface area contributed by atoms with E-state index in [1.54, 1.807) is 12.1 Å². The third-order valence-corrected chi connectivity index (χ3v) is 3.34. The minimum atomic E-state index is -0.605. The number of phenolic OH excluding ortho intramolecular Hbond substituents is 1. The van der Waals surface area contributed by atoms with Crippen molar-refractivity contribution in [2.45, 2.75) is 13.5 Å². The number of phenols is 1. The topological polar surface area (TPSA) is 72.6 Å². The molecule has 3 aromatic rings. The molecule has 1 heterocycles. The van der Waals surface area contributed by atoms with Crippen molar-refractivity contribution in [1.29, 1.82) is 0 Å². The molecule has 0 amide bonds. The zero-order chi connectivity index (χ0) is 16.2. The van der Waals surface area contributed by atoms with Crippen LogP contribution in [0.4, 0.5) is 0 Å². The van der Waals surface area contributed by atoms with Gasteiger partial charge < -0.3 is 14.4 Å². The lowest BCUT2D eigenvalue weighted by Crippen LogP contribution is -2.05. The molecule has 0 atom stereocenters. The van der Waals surface area contributed by atoms with Gasteiger partial charge >= 0.3 is 5.97 Å². The van der Waals surface area contributed by atoms with E-state index in [0.29, 0.717) is 11.5 Å². The van der Waals surface area contributed by atoms with Crippen molar-refractivity contribution in [2.24, 2.45) is 0 Å². The number of hydrogen-bond acceptors (Lipinski definition) is 5. The van der Waals surface area contributed by atoms with Crippen LogP contribution in [0.5, 0.6) is 5.75 Å². The Balaban J connectivity index is 1.67. The third-order valence-electron chi connectivity index (χ3n) is 3.34. The van der Waals surface area contributed by atoms with Gasteiger partial charge in [0.2, 0.25) is 0 Å². The second-order valence-corrected chi connectivity index (χ2v) is 5.15. The van der Waals surface area contributed by atoms with Crippen molar-refractivity contribution < 1.29 is 19.2 Å². The molecular weight excluding hydrogens is 294 g/mol. The largest absolute Gasteiger partial charge is 0.507 e. The van der Waals surface area contributed by atoms with Crippen molar-refractivity contribution >= 4 is 5.97 Å². The second-order valence-electron chi connectivity index (χ2n) is 5.15. The molecule has 23 heavy (non-hydrogen) atoms. The predicted octanol–water partition coefficient (Wildman–Crippen LogP) is 3.71. The number of aromatic hydroxyl groups is 1. The van der Waals surface area contributed by atoms with Gasteiger partial charge in [0.1, 0.15) is 23.6 Å². The van der Waals surface area contributed by atoms with Gasteiger partial charge in [-0.25, -0.2) is 4.79 Å². The zero-order valence-electron chi connectivity index (χ0n) is 12.5. The van der Waals surface area contributed by atoms with Crippen LogP contribution in [0.25, 0.3) is 11.3 Å². The number of nitrogens with zero attached hydrogens (tertiary/aromatic N) is 1. The van der Waals surface area contributed by atoms with Crippen molar-refractivity contribution in [3.63, 3.8) is 0 Å². The van der Waals surface area contributed by atoms with Crippen LogP contribution in [-0.4, -0.2) is 16.2 Å². The Morgan fingerprint density at radius 1 is 1.17 bits per heavy atom. The van der Waals surface area contributed by atoms with Gasteiger partial charge in [0, 0.05) is 11.6 Å². The molecule has 0 saturated carbocycles. The molecule has 5 heteroatoms. The van der Waals surface area contributed by atoms with Crippen LogP contribution in [0.3, 0.4) is 0 Å². The number of aryl methyl sites for hydroxylation is 1. The zero-order valence-corrected chi connectivity index (χ0v) is 12.5. The summed E-state index contributed by atoms with van der Waals surface area (Å²) in [4.78, 5) is 12.0. The van der Waals surface area contributed by atoms with E-state index in [4.69, 9.17) is 9.26 Å².